The van der Waals surface area contributed by atoms with Crippen molar-refractivity contribution in [3.05, 3.63) is 83.4 Å². The van der Waals surface area contributed by atoms with Gasteiger partial charge in [-0.2, -0.15) is 0 Å². The fraction of sp³-hybridized carbons (Fsp3) is 0.192. The van der Waals surface area contributed by atoms with Crippen molar-refractivity contribution < 1.29 is 18.7 Å². The Kier molecular flexibility index (Phi) is 6.15. The van der Waals surface area contributed by atoms with Crippen LogP contribution >= 0.6 is 0 Å². The number of nitrogen functional groups attached to an aromatic ring is 1. The summed E-state index contributed by atoms with van der Waals surface area (Å²) in [6.45, 7) is 1.48. The quantitative estimate of drug-likeness (QED) is 0.441. The molecule has 2 aromatic carbocycles. The van der Waals surface area contributed by atoms with Crippen LogP contribution in [0.3, 0.4) is 0 Å². The van der Waals surface area contributed by atoms with Crippen LogP contribution in [0.2, 0.25) is 0 Å². The molecule has 0 aliphatic carbocycles. The first-order valence-corrected chi connectivity index (χ1v) is 11.2. The van der Waals surface area contributed by atoms with E-state index in [1.54, 1.807) is 6.20 Å². The minimum absolute atomic E-state index is 0.144. The van der Waals surface area contributed by atoms with Crippen LogP contribution < -0.4 is 15.8 Å². The monoisotopic (exact) mass is 473 g/mol. The molecule has 0 saturated carbocycles. The third-order valence-electron chi connectivity index (χ3n) is 5.92. The van der Waals surface area contributed by atoms with Crippen molar-refractivity contribution in [1.82, 2.24) is 19.7 Å². The molecule has 0 atom stereocenters. The number of halogens is 1. The number of methoxy groups -OCH3 is 1. The smallest absolute Gasteiger partial charge is 0.255 e. The molecule has 0 fully saturated rings. The van der Waals surface area contributed by atoms with Crippen molar-refractivity contribution in [3.63, 3.8) is 0 Å². The third-order valence-corrected chi connectivity index (χ3v) is 5.92. The van der Waals surface area contributed by atoms with Crippen LogP contribution in [-0.4, -0.2) is 40.6 Å². The number of hydrogen-bond donors (Lipinski definition) is 2. The highest BCUT2D eigenvalue weighted by atomic mass is 19.1. The maximum atomic E-state index is 13.6. The van der Waals surface area contributed by atoms with Gasteiger partial charge in [0.25, 0.3) is 5.91 Å². The van der Waals surface area contributed by atoms with E-state index in [0.717, 1.165) is 40.4 Å². The lowest BCUT2D eigenvalue weighted by Gasteiger charge is -2.11. The highest BCUT2D eigenvalue weighted by Gasteiger charge is 2.19. The lowest BCUT2D eigenvalue weighted by molar-refractivity contribution is 0.0947. The number of carbonyl (C=O) groups excluding carboxylic acids is 1. The first-order valence-electron chi connectivity index (χ1n) is 11.2. The number of carbonyl (C=O) groups is 1. The maximum Gasteiger partial charge on any atom is 0.255 e. The van der Waals surface area contributed by atoms with E-state index in [4.69, 9.17) is 20.2 Å². The Balaban J connectivity index is 1.39. The number of ether oxygens (including phenoxy) is 2. The van der Waals surface area contributed by atoms with Crippen molar-refractivity contribution in [1.29, 1.82) is 0 Å². The minimum Gasteiger partial charge on any atom is -0.496 e. The number of amides is 1. The number of hydrogen-bond acceptors (Lipinski definition) is 6. The molecule has 5 rings (SSSR count). The van der Waals surface area contributed by atoms with Crippen molar-refractivity contribution >= 4 is 22.9 Å². The van der Waals surface area contributed by atoms with Crippen LogP contribution in [0.1, 0.15) is 28.0 Å². The summed E-state index contributed by atoms with van der Waals surface area (Å²) >= 11 is 0. The molecular formula is C26H24FN5O3. The summed E-state index contributed by atoms with van der Waals surface area (Å²) in [5, 5.41) is 2.81. The number of nitrogens with one attached hydrogen (secondary N) is 1. The van der Waals surface area contributed by atoms with E-state index in [1.165, 1.54) is 19.2 Å². The summed E-state index contributed by atoms with van der Waals surface area (Å²) in [5.74, 6) is 0.430. The van der Waals surface area contributed by atoms with Crippen molar-refractivity contribution in [3.8, 4) is 17.1 Å². The molecule has 0 spiro atoms. The number of rotatable bonds is 6. The second kappa shape index (κ2) is 9.55. The van der Waals surface area contributed by atoms with E-state index in [-0.39, 0.29) is 12.1 Å². The first-order chi connectivity index (χ1) is 17.0. The summed E-state index contributed by atoms with van der Waals surface area (Å²) in [5.41, 5.74) is 11.0. The van der Waals surface area contributed by atoms with E-state index >= 15 is 0 Å². The molecule has 2 aromatic heterocycles. The van der Waals surface area contributed by atoms with Gasteiger partial charge < -0.3 is 20.5 Å². The standard InChI is InChI=1S/C26H24FN5O3/c1-34-22-7-6-19(27)14-20(22)25(33)30-15-16-2-4-18(5-3-16)24-31-23(17-9-12-35-13-10-17)21-8-11-29-26(28)32(21)24/h2-9,11,14H,10,12-13,15H2,1H3,(H2,28,29)(H,30,33). The Hall–Kier alpha value is -4.24. The Morgan fingerprint density at radius 2 is 2.06 bits per heavy atom. The summed E-state index contributed by atoms with van der Waals surface area (Å²) in [6, 6.07) is 13.4. The second-order valence-corrected chi connectivity index (χ2v) is 8.09. The molecule has 8 nitrogen and oxygen atoms in total. The lowest BCUT2D eigenvalue weighted by atomic mass is 10.1. The number of anilines is 1. The van der Waals surface area contributed by atoms with Gasteiger partial charge in [0.15, 0.2) is 0 Å². The second-order valence-electron chi connectivity index (χ2n) is 8.09. The van der Waals surface area contributed by atoms with Crippen LogP contribution in [0, 0.1) is 5.82 Å². The van der Waals surface area contributed by atoms with E-state index in [9.17, 15) is 9.18 Å². The molecule has 3 N–H and O–H groups in total. The highest BCUT2D eigenvalue weighted by Crippen LogP contribution is 2.31. The molecule has 9 heteroatoms. The largest absolute Gasteiger partial charge is 0.496 e. The number of nitrogens with two attached hydrogens (primary N) is 1. The van der Waals surface area contributed by atoms with Crippen LogP contribution in [0.4, 0.5) is 10.3 Å². The third kappa shape index (κ3) is 4.45. The van der Waals surface area contributed by atoms with Crippen molar-refractivity contribution in [2.75, 3.05) is 26.1 Å². The molecule has 3 heterocycles. The number of imidazole rings is 1. The number of nitrogens with zero attached hydrogens (tertiary/aromatic N) is 3. The van der Waals surface area contributed by atoms with Gasteiger partial charge in [0.05, 0.1) is 37.1 Å². The van der Waals surface area contributed by atoms with Crippen molar-refractivity contribution in [2.24, 2.45) is 0 Å². The summed E-state index contributed by atoms with van der Waals surface area (Å²) in [6.07, 6.45) is 4.51. The fourth-order valence-electron chi connectivity index (χ4n) is 4.14. The zero-order valence-corrected chi connectivity index (χ0v) is 19.1. The first kappa shape index (κ1) is 22.5. The predicted octanol–water partition coefficient (Wildman–Crippen LogP) is 3.86. The Labute approximate surface area is 201 Å². The van der Waals surface area contributed by atoms with Crippen LogP contribution in [0.5, 0.6) is 5.75 Å². The molecule has 1 aliphatic heterocycles. The summed E-state index contributed by atoms with van der Waals surface area (Å²) < 4.78 is 26.1. The van der Waals surface area contributed by atoms with Gasteiger partial charge in [0, 0.05) is 18.3 Å². The van der Waals surface area contributed by atoms with E-state index < -0.39 is 11.7 Å². The average molecular weight is 474 g/mol. The molecule has 1 amide bonds. The molecular weight excluding hydrogens is 449 g/mol. The van der Waals surface area contributed by atoms with Gasteiger partial charge in [-0.25, -0.2) is 14.4 Å². The molecule has 1 aliphatic rings. The van der Waals surface area contributed by atoms with Crippen LogP contribution in [0.15, 0.2) is 60.8 Å². The Morgan fingerprint density at radius 1 is 1.23 bits per heavy atom. The lowest BCUT2D eigenvalue weighted by Crippen LogP contribution is -2.23. The maximum absolute atomic E-state index is 13.6. The van der Waals surface area contributed by atoms with Gasteiger partial charge in [-0.15, -0.1) is 0 Å². The molecule has 4 aromatic rings. The van der Waals surface area contributed by atoms with E-state index in [2.05, 4.69) is 10.3 Å². The van der Waals surface area contributed by atoms with Gasteiger partial charge in [-0.3, -0.25) is 9.20 Å². The van der Waals surface area contributed by atoms with Gasteiger partial charge in [-0.1, -0.05) is 30.3 Å². The zero-order chi connectivity index (χ0) is 24.4. The molecule has 0 bridgehead atoms. The Bertz CT molecular complexity index is 1430. The molecule has 178 valence electrons. The number of benzene rings is 2. The van der Waals surface area contributed by atoms with E-state index in [0.29, 0.717) is 30.7 Å². The molecule has 0 unspecified atom stereocenters. The number of fused-ring (bicyclic) bond motifs is 1. The van der Waals surface area contributed by atoms with Gasteiger partial charge in [0.1, 0.15) is 17.4 Å². The van der Waals surface area contributed by atoms with Gasteiger partial charge in [-0.05, 0) is 41.8 Å². The van der Waals surface area contributed by atoms with Crippen LogP contribution in [0.25, 0.3) is 22.5 Å². The zero-order valence-electron chi connectivity index (χ0n) is 19.1. The van der Waals surface area contributed by atoms with Crippen molar-refractivity contribution in [2.45, 2.75) is 13.0 Å². The van der Waals surface area contributed by atoms with Crippen LogP contribution in [-0.2, 0) is 11.3 Å². The number of aromatic nitrogens is 3. The molecule has 0 radical (unpaired) electrons. The topological polar surface area (TPSA) is 104 Å². The average Bonchev–Trinajstić information content (AvgIpc) is 3.29. The van der Waals surface area contributed by atoms with Gasteiger partial charge in [0.2, 0.25) is 5.95 Å². The summed E-state index contributed by atoms with van der Waals surface area (Å²) in [4.78, 5) is 21.7. The molecule has 35 heavy (non-hydrogen) atoms. The summed E-state index contributed by atoms with van der Waals surface area (Å²) in [7, 11) is 1.44. The minimum atomic E-state index is -0.503. The predicted molar refractivity (Wildman–Crippen MR) is 130 cm³/mol. The van der Waals surface area contributed by atoms with E-state index in [1.807, 2.05) is 40.8 Å². The Morgan fingerprint density at radius 3 is 2.80 bits per heavy atom. The fourth-order valence-corrected chi connectivity index (χ4v) is 4.14. The molecule has 0 saturated heterocycles. The highest BCUT2D eigenvalue weighted by molar-refractivity contribution is 5.96. The normalized spacial score (nSPS) is 13.5. The SMILES string of the molecule is COc1ccc(F)cc1C(=O)NCc1ccc(-c2nc(C3=CCOCC3)c3ccnc(N)n23)cc1. The van der Waals surface area contributed by atoms with Gasteiger partial charge >= 0.3 is 0 Å².